The van der Waals surface area contributed by atoms with Gasteiger partial charge in [-0.3, -0.25) is 4.79 Å². The summed E-state index contributed by atoms with van der Waals surface area (Å²) in [6.45, 7) is 1.96. The van der Waals surface area contributed by atoms with Gasteiger partial charge in [0.05, 0.1) is 5.02 Å². The minimum absolute atomic E-state index is 0.00769. The van der Waals surface area contributed by atoms with Gasteiger partial charge in [0.1, 0.15) is 0 Å². The van der Waals surface area contributed by atoms with Gasteiger partial charge < -0.3 is 9.47 Å². The Bertz CT molecular complexity index is 387. The van der Waals surface area contributed by atoms with Gasteiger partial charge in [0.2, 0.25) is 6.79 Å². The molecule has 0 saturated carbocycles. The van der Waals surface area contributed by atoms with Crippen molar-refractivity contribution < 1.29 is 14.3 Å². The molecular formula is C10H9ClO3. The molecular weight excluding hydrogens is 204 g/mol. The third kappa shape index (κ3) is 1.34. The van der Waals surface area contributed by atoms with Gasteiger partial charge in [-0.05, 0) is 12.1 Å². The van der Waals surface area contributed by atoms with E-state index in [9.17, 15) is 4.79 Å². The number of ether oxygens (including phenoxy) is 2. The van der Waals surface area contributed by atoms with Crippen LogP contribution in [0.2, 0.25) is 5.02 Å². The Morgan fingerprint density at radius 2 is 2.29 bits per heavy atom. The first-order valence-electron chi connectivity index (χ1n) is 4.35. The Morgan fingerprint density at radius 1 is 1.50 bits per heavy atom. The zero-order valence-corrected chi connectivity index (χ0v) is 8.43. The predicted octanol–water partition coefficient (Wildman–Crippen LogP) is 2.66. The lowest BCUT2D eigenvalue weighted by Crippen LogP contribution is -1.98. The largest absolute Gasteiger partial charge is 0.454 e. The van der Waals surface area contributed by atoms with E-state index in [1.54, 1.807) is 19.1 Å². The van der Waals surface area contributed by atoms with Crippen molar-refractivity contribution >= 4 is 17.4 Å². The number of carbonyl (C=O) groups is 1. The van der Waals surface area contributed by atoms with Gasteiger partial charge in [0.25, 0.3) is 0 Å². The number of rotatable bonds is 2. The average molecular weight is 213 g/mol. The van der Waals surface area contributed by atoms with Crippen LogP contribution >= 0.6 is 11.6 Å². The van der Waals surface area contributed by atoms with Crippen molar-refractivity contribution in [3.63, 3.8) is 0 Å². The minimum Gasteiger partial charge on any atom is -0.454 e. The lowest BCUT2D eigenvalue weighted by molar-refractivity contribution is 0.0988. The van der Waals surface area contributed by atoms with Gasteiger partial charge in [0.15, 0.2) is 17.3 Å². The summed E-state index contributed by atoms with van der Waals surface area (Å²) < 4.78 is 10.3. The van der Waals surface area contributed by atoms with Crippen LogP contribution in [0.3, 0.4) is 0 Å². The van der Waals surface area contributed by atoms with E-state index in [1.165, 1.54) is 0 Å². The molecule has 3 nitrogen and oxygen atoms in total. The molecule has 0 unspecified atom stereocenters. The Balaban J connectivity index is 2.50. The van der Waals surface area contributed by atoms with Crippen molar-refractivity contribution in [1.82, 2.24) is 0 Å². The van der Waals surface area contributed by atoms with Crippen molar-refractivity contribution in [2.45, 2.75) is 13.3 Å². The van der Waals surface area contributed by atoms with Gasteiger partial charge in [-0.2, -0.15) is 0 Å². The Kier molecular flexibility index (Phi) is 2.33. The zero-order chi connectivity index (χ0) is 10.1. The maximum atomic E-state index is 11.5. The van der Waals surface area contributed by atoms with E-state index < -0.39 is 0 Å². The van der Waals surface area contributed by atoms with E-state index >= 15 is 0 Å². The van der Waals surface area contributed by atoms with E-state index in [1.807, 2.05) is 0 Å². The van der Waals surface area contributed by atoms with Crippen LogP contribution in [0.4, 0.5) is 0 Å². The second-order valence-corrected chi connectivity index (χ2v) is 3.32. The smallest absolute Gasteiger partial charge is 0.231 e. The van der Waals surface area contributed by atoms with Gasteiger partial charge in [-0.15, -0.1) is 0 Å². The summed E-state index contributed by atoms with van der Waals surface area (Å²) >= 11 is 6.00. The fourth-order valence-electron chi connectivity index (χ4n) is 1.34. The normalized spacial score (nSPS) is 13.0. The van der Waals surface area contributed by atoms with Crippen molar-refractivity contribution in [3.05, 3.63) is 22.7 Å². The number of benzene rings is 1. The molecule has 0 saturated heterocycles. The summed E-state index contributed by atoms with van der Waals surface area (Å²) in [5.74, 6) is 1.09. The number of fused-ring (bicyclic) bond motifs is 1. The first kappa shape index (κ1) is 9.34. The zero-order valence-electron chi connectivity index (χ0n) is 7.67. The van der Waals surface area contributed by atoms with Crippen LogP contribution in [0, 0.1) is 0 Å². The van der Waals surface area contributed by atoms with E-state index in [4.69, 9.17) is 21.1 Å². The number of halogens is 1. The molecule has 0 atom stereocenters. The van der Waals surface area contributed by atoms with E-state index in [0.29, 0.717) is 28.5 Å². The minimum atomic E-state index is 0.00769. The SMILES string of the molecule is CCC(=O)c1ccc2c(c1Cl)OCO2. The molecule has 14 heavy (non-hydrogen) atoms. The number of carbonyl (C=O) groups excluding carboxylic acids is 1. The van der Waals surface area contributed by atoms with Crippen LogP contribution in [0.15, 0.2) is 12.1 Å². The molecule has 0 spiro atoms. The Morgan fingerprint density at radius 3 is 3.00 bits per heavy atom. The quantitative estimate of drug-likeness (QED) is 0.707. The van der Waals surface area contributed by atoms with Crippen LogP contribution < -0.4 is 9.47 Å². The van der Waals surface area contributed by atoms with Crippen LogP contribution in [0.5, 0.6) is 11.5 Å². The van der Waals surface area contributed by atoms with E-state index in [0.717, 1.165) is 0 Å². The lowest BCUT2D eigenvalue weighted by Gasteiger charge is -2.04. The molecule has 0 aromatic heterocycles. The van der Waals surface area contributed by atoms with Gasteiger partial charge >= 0.3 is 0 Å². The molecule has 2 rings (SSSR count). The summed E-state index contributed by atoms with van der Waals surface area (Å²) in [7, 11) is 0. The van der Waals surface area contributed by atoms with E-state index in [-0.39, 0.29) is 12.6 Å². The molecule has 0 bridgehead atoms. The van der Waals surface area contributed by atoms with Crippen molar-refractivity contribution in [2.75, 3.05) is 6.79 Å². The van der Waals surface area contributed by atoms with Gasteiger partial charge in [-0.1, -0.05) is 18.5 Å². The summed E-state index contributed by atoms with van der Waals surface area (Å²) in [4.78, 5) is 11.5. The monoisotopic (exact) mass is 212 g/mol. The van der Waals surface area contributed by atoms with Crippen molar-refractivity contribution in [3.8, 4) is 11.5 Å². The molecule has 1 heterocycles. The number of hydrogen-bond acceptors (Lipinski definition) is 3. The fourth-order valence-corrected chi connectivity index (χ4v) is 1.66. The number of Topliss-reactive ketones (excluding diaryl/α,β-unsaturated/α-hetero) is 1. The highest BCUT2D eigenvalue weighted by Crippen LogP contribution is 2.40. The maximum absolute atomic E-state index is 11.5. The second kappa shape index (κ2) is 3.50. The average Bonchev–Trinajstić information content (AvgIpc) is 2.66. The van der Waals surface area contributed by atoms with Crippen LogP contribution in [-0.2, 0) is 0 Å². The Hall–Kier alpha value is -1.22. The number of hydrogen-bond donors (Lipinski definition) is 0. The second-order valence-electron chi connectivity index (χ2n) is 2.94. The molecule has 1 aliphatic heterocycles. The highest BCUT2D eigenvalue weighted by molar-refractivity contribution is 6.35. The number of ketones is 1. The summed E-state index contributed by atoms with van der Waals surface area (Å²) in [6, 6.07) is 3.37. The molecule has 1 aromatic carbocycles. The Labute approximate surface area is 86.6 Å². The highest BCUT2D eigenvalue weighted by atomic mass is 35.5. The van der Waals surface area contributed by atoms with Gasteiger partial charge in [0, 0.05) is 12.0 Å². The third-order valence-corrected chi connectivity index (χ3v) is 2.48. The molecule has 0 radical (unpaired) electrons. The summed E-state index contributed by atoms with van der Waals surface area (Å²) in [5.41, 5.74) is 0.499. The first-order valence-corrected chi connectivity index (χ1v) is 4.73. The fraction of sp³-hybridized carbons (Fsp3) is 0.300. The van der Waals surface area contributed by atoms with E-state index in [2.05, 4.69) is 0 Å². The van der Waals surface area contributed by atoms with Crippen LogP contribution in [0.1, 0.15) is 23.7 Å². The van der Waals surface area contributed by atoms with Crippen LogP contribution in [0.25, 0.3) is 0 Å². The standard InChI is InChI=1S/C10H9ClO3/c1-2-7(12)6-3-4-8-10(9(6)11)14-5-13-8/h3-4H,2,5H2,1H3. The maximum Gasteiger partial charge on any atom is 0.231 e. The topological polar surface area (TPSA) is 35.5 Å². The van der Waals surface area contributed by atoms with Crippen LogP contribution in [-0.4, -0.2) is 12.6 Å². The molecule has 4 heteroatoms. The van der Waals surface area contributed by atoms with Crippen molar-refractivity contribution in [2.24, 2.45) is 0 Å². The molecule has 0 N–H and O–H groups in total. The predicted molar refractivity (Wildman–Crippen MR) is 52.2 cm³/mol. The summed E-state index contributed by atoms with van der Waals surface area (Å²) in [6.07, 6.45) is 0.430. The molecule has 0 amide bonds. The molecule has 74 valence electrons. The third-order valence-electron chi connectivity index (χ3n) is 2.10. The molecule has 0 aliphatic carbocycles. The molecule has 0 fully saturated rings. The highest BCUT2D eigenvalue weighted by Gasteiger charge is 2.21. The van der Waals surface area contributed by atoms with Gasteiger partial charge in [-0.25, -0.2) is 0 Å². The lowest BCUT2D eigenvalue weighted by atomic mass is 10.1. The summed E-state index contributed by atoms with van der Waals surface area (Å²) in [5, 5.41) is 0.354. The molecule has 1 aromatic rings. The first-order chi connectivity index (χ1) is 6.74. The van der Waals surface area contributed by atoms with Crippen molar-refractivity contribution in [1.29, 1.82) is 0 Å². The molecule has 1 aliphatic rings.